The average Bonchev–Trinajstić information content (AvgIpc) is 3.05. The third kappa shape index (κ3) is 4.24. The molecule has 0 bridgehead atoms. The van der Waals surface area contributed by atoms with Gasteiger partial charge in [0, 0.05) is 37.4 Å². The first-order chi connectivity index (χ1) is 12.8. The second-order valence-corrected chi connectivity index (χ2v) is 7.77. The summed E-state index contributed by atoms with van der Waals surface area (Å²) in [5.74, 6) is 0.455. The van der Waals surface area contributed by atoms with E-state index in [1.165, 1.54) is 5.69 Å². The molecule has 1 saturated heterocycles. The van der Waals surface area contributed by atoms with E-state index in [-0.39, 0.29) is 24.1 Å². The van der Waals surface area contributed by atoms with Gasteiger partial charge in [-0.1, -0.05) is 0 Å². The zero-order valence-electron chi connectivity index (χ0n) is 17.3. The Morgan fingerprint density at radius 2 is 1.68 bits per heavy atom. The molecule has 2 aromatic heterocycles. The summed E-state index contributed by atoms with van der Waals surface area (Å²) in [7, 11) is 3.86. The third-order valence-electron chi connectivity index (χ3n) is 5.11. The van der Waals surface area contributed by atoms with Crippen molar-refractivity contribution in [3.8, 4) is 0 Å². The number of pyridine rings is 1. The summed E-state index contributed by atoms with van der Waals surface area (Å²) < 4.78 is 1.55. The van der Waals surface area contributed by atoms with Crippen LogP contribution in [0.25, 0.3) is 21.8 Å². The number of benzene rings is 1. The van der Waals surface area contributed by atoms with Crippen molar-refractivity contribution in [2.45, 2.75) is 33.2 Å². The van der Waals surface area contributed by atoms with Crippen molar-refractivity contribution >= 4 is 33.3 Å². The molecule has 0 amide bonds. The Labute approximate surface area is 180 Å². The fourth-order valence-electron chi connectivity index (χ4n) is 3.66. The maximum atomic E-state index is 6.04. The van der Waals surface area contributed by atoms with Gasteiger partial charge in [0.05, 0.1) is 5.52 Å². The molecule has 1 aliphatic rings. The van der Waals surface area contributed by atoms with Crippen LogP contribution >= 0.6 is 0 Å². The van der Waals surface area contributed by atoms with Gasteiger partial charge in [-0.3, -0.25) is 4.90 Å². The van der Waals surface area contributed by atoms with Gasteiger partial charge in [0.2, 0.25) is 0 Å². The quantitative estimate of drug-likeness (QED) is 0.614. The zero-order valence-corrected chi connectivity index (χ0v) is 18.7. The van der Waals surface area contributed by atoms with Crippen LogP contribution in [-0.2, 0) is 18.6 Å². The van der Waals surface area contributed by atoms with Gasteiger partial charge in [0.1, 0.15) is 5.52 Å². The number of nitrogen functional groups attached to an aromatic ring is 1. The molecule has 0 atom stereocenters. The molecule has 0 unspecified atom stereocenters. The van der Waals surface area contributed by atoms with Crippen LogP contribution in [-0.4, -0.2) is 51.4 Å². The fourth-order valence-corrected chi connectivity index (χ4v) is 3.66. The van der Waals surface area contributed by atoms with Crippen molar-refractivity contribution in [2.75, 3.05) is 36.8 Å². The number of hydrogen-bond acceptors (Lipinski definition) is 5. The van der Waals surface area contributed by atoms with E-state index in [0.717, 1.165) is 48.0 Å². The van der Waals surface area contributed by atoms with Crippen molar-refractivity contribution < 1.29 is 18.6 Å². The van der Waals surface area contributed by atoms with Gasteiger partial charge in [-0.2, -0.15) is 14.0 Å². The van der Waals surface area contributed by atoms with Gasteiger partial charge in [0.25, 0.3) is 0 Å². The number of nitrogens with zero attached hydrogens (tertiary/aromatic N) is 5. The maximum absolute atomic E-state index is 6.04. The van der Waals surface area contributed by atoms with Crippen molar-refractivity contribution in [2.24, 2.45) is 0 Å². The van der Waals surface area contributed by atoms with Crippen molar-refractivity contribution in [1.29, 1.82) is 0 Å². The molecular weight excluding hydrogens is 387 g/mol. The predicted octanol–water partition coefficient (Wildman–Crippen LogP) is 3.56. The first-order valence-corrected chi connectivity index (χ1v) is 9.43. The first-order valence-electron chi connectivity index (χ1n) is 9.43. The van der Waals surface area contributed by atoms with E-state index < -0.39 is 0 Å². The van der Waals surface area contributed by atoms with E-state index in [1.54, 1.807) is 11.6 Å². The predicted molar refractivity (Wildman–Crippen MR) is 115 cm³/mol. The molecule has 28 heavy (non-hydrogen) atoms. The molecule has 4 rings (SSSR count). The maximum Gasteiger partial charge on any atom is 2.00 e. The molecule has 1 aromatic carbocycles. The van der Waals surface area contributed by atoms with Crippen LogP contribution in [0.15, 0.2) is 24.4 Å². The van der Waals surface area contributed by atoms with Crippen LogP contribution in [0.1, 0.15) is 27.7 Å². The van der Waals surface area contributed by atoms with Crippen molar-refractivity contribution in [3.05, 3.63) is 38.4 Å². The zero-order chi connectivity index (χ0) is 19.8. The number of fused-ring (bicyclic) bond motifs is 3. The molecule has 1 aliphatic heterocycles. The second kappa shape index (κ2) is 8.64. The van der Waals surface area contributed by atoms with E-state index in [9.17, 15) is 0 Å². The van der Waals surface area contributed by atoms with Gasteiger partial charge < -0.3 is 22.2 Å². The van der Waals surface area contributed by atoms with Crippen LogP contribution in [0.5, 0.6) is 0 Å². The summed E-state index contributed by atoms with van der Waals surface area (Å²) in [5.41, 5.74) is 9.12. The molecule has 1 fully saturated rings. The van der Waals surface area contributed by atoms with Crippen molar-refractivity contribution in [1.82, 2.24) is 19.7 Å². The molecule has 1 radical (unpaired) electrons. The van der Waals surface area contributed by atoms with E-state index in [2.05, 4.69) is 72.8 Å². The van der Waals surface area contributed by atoms with Crippen LogP contribution in [0, 0.1) is 14.0 Å². The van der Waals surface area contributed by atoms with E-state index in [0.29, 0.717) is 5.82 Å². The van der Waals surface area contributed by atoms with Gasteiger partial charge in [0.15, 0.2) is 5.82 Å². The SMILES string of the molecule is [CH2-]C.[CH2-]n1cc2c(n1)c(N)nc1ccc(N3CCN(C(C)(C)C)CC3)cc12.[V+2]. The monoisotopic (exact) mass is 417 g/mol. The Morgan fingerprint density at radius 1 is 1.04 bits per heavy atom. The van der Waals surface area contributed by atoms with Crippen LogP contribution in [0.2, 0.25) is 0 Å². The van der Waals surface area contributed by atoms with Gasteiger partial charge in [-0.25, -0.2) is 10.1 Å². The molecule has 3 heterocycles. The van der Waals surface area contributed by atoms with Gasteiger partial charge in [-0.05, 0) is 49.7 Å². The minimum atomic E-state index is 0. The molecule has 3 aromatic rings. The number of hydrogen-bond donors (Lipinski definition) is 1. The minimum absolute atomic E-state index is 0. The van der Waals surface area contributed by atoms with E-state index in [4.69, 9.17) is 5.73 Å². The first kappa shape index (κ1) is 22.4. The summed E-state index contributed by atoms with van der Waals surface area (Å²) >= 11 is 0. The summed E-state index contributed by atoms with van der Waals surface area (Å²) in [6, 6.07) is 6.40. The Morgan fingerprint density at radius 3 is 2.29 bits per heavy atom. The summed E-state index contributed by atoms with van der Waals surface area (Å²) in [6.07, 6.45) is 1.91. The Kier molecular flexibility index (Phi) is 6.91. The molecule has 0 spiro atoms. The number of nitrogens with two attached hydrogens (primary N) is 1. The van der Waals surface area contributed by atoms with Gasteiger partial charge >= 0.3 is 18.6 Å². The summed E-state index contributed by atoms with van der Waals surface area (Å²) in [6.45, 7) is 16.1. The van der Waals surface area contributed by atoms with Crippen LogP contribution in [0.3, 0.4) is 0 Å². The summed E-state index contributed by atoms with van der Waals surface area (Å²) in [4.78, 5) is 9.48. The molecular formula is C21H30N6V. The molecule has 0 aliphatic carbocycles. The normalized spacial score (nSPS) is 15.2. The average molecular weight is 417 g/mol. The standard InChI is InChI=1S/C19H25N6.C2H5.V/c1-19(2,3)25-9-7-24(8-10-25)13-5-6-16-14(11-13)15-12-23(4)22-17(15)18(20)21-16;1-2;/h5-6,11-12H,4,7-10H2,1-3H3,(H2,20,21);1H2,2H3;/q2*-1;+2. The van der Waals surface area contributed by atoms with Gasteiger partial charge in [-0.15, -0.1) is 6.20 Å². The molecule has 149 valence electrons. The minimum Gasteiger partial charge on any atom is -0.407 e. The largest absolute Gasteiger partial charge is 2.00 e. The Hall–Kier alpha value is -1.89. The molecule has 2 N–H and O–H groups in total. The van der Waals surface area contributed by atoms with Crippen LogP contribution < -0.4 is 10.6 Å². The van der Waals surface area contributed by atoms with E-state index in [1.807, 2.05) is 6.20 Å². The Balaban J connectivity index is 0.000000906. The number of aromatic nitrogens is 3. The molecule has 7 heteroatoms. The number of piperazine rings is 1. The molecule has 6 nitrogen and oxygen atoms in total. The van der Waals surface area contributed by atoms with Crippen LogP contribution in [0.4, 0.5) is 11.5 Å². The molecule has 0 saturated carbocycles. The number of rotatable bonds is 1. The third-order valence-corrected chi connectivity index (χ3v) is 5.11. The summed E-state index contributed by atoms with van der Waals surface area (Å²) in [5, 5.41) is 6.43. The smallest absolute Gasteiger partial charge is 0.407 e. The topological polar surface area (TPSA) is 63.2 Å². The van der Waals surface area contributed by atoms with E-state index >= 15 is 0 Å². The van der Waals surface area contributed by atoms with Crippen molar-refractivity contribution in [3.63, 3.8) is 0 Å². The Bertz CT molecular complexity index is 935. The second-order valence-electron chi connectivity index (χ2n) is 7.77. The number of anilines is 2. The fraction of sp³-hybridized carbons (Fsp3) is 0.429.